The molecule has 0 fully saturated rings. The van der Waals surface area contributed by atoms with Crippen LogP contribution in [0.3, 0.4) is 0 Å². The maximum absolute atomic E-state index is 11.4. The molecule has 4 heteroatoms. The molecule has 3 nitrogen and oxygen atoms in total. The van der Waals surface area contributed by atoms with E-state index in [1.165, 1.54) is 18.4 Å². The quantitative estimate of drug-likeness (QED) is 0.450. The van der Waals surface area contributed by atoms with Gasteiger partial charge in [0.2, 0.25) is 5.91 Å². The van der Waals surface area contributed by atoms with E-state index >= 15 is 0 Å². The number of aryl methyl sites for hydroxylation is 1. The van der Waals surface area contributed by atoms with E-state index in [2.05, 4.69) is 17.5 Å². The van der Waals surface area contributed by atoms with Crippen LogP contribution >= 0.6 is 11.3 Å². The molecule has 0 aliphatic carbocycles. The van der Waals surface area contributed by atoms with Gasteiger partial charge < -0.3 is 0 Å². The van der Waals surface area contributed by atoms with Crippen LogP contribution in [0.1, 0.15) is 49.5 Å². The van der Waals surface area contributed by atoms with Gasteiger partial charge in [-0.2, -0.15) is 5.10 Å². The van der Waals surface area contributed by atoms with Gasteiger partial charge in [0.15, 0.2) is 0 Å². The Kier molecular flexibility index (Phi) is 6.55. The molecule has 1 aromatic rings. The Morgan fingerprint density at radius 3 is 2.94 bits per heavy atom. The summed E-state index contributed by atoms with van der Waals surface area (Å²) in [4.78, 5) is 12.5. The van der Waals surface area contributed by atoms with Crippen molar-refractivity contribution in [3.8, 4) is 0 Å². The number of carbonyl (C=O) groups excluding carboxylic acids is 1. The highest BCUT2D eigenvalue weighted by atomic mass is 32.1. The predicted octanol–water partition coefficient (Wildman–Crippen LogP) is 3.48. The van der Waals surface area contributed by atoms with Gasteiger partial charge in [0, 0.05) is 11.3 Å². The molecule has 0 unspecified atom stereocenters. The van der Waals surface area contributed by atoms with Crippen LogP contribution in [-0.2, 0) is 4.79 Å². The van der Waals surface area contributed by atoms with E-state index in [1.807, 2.05) is 18.4 Å². The van der Waals surface area contributed by atoms with E-state index in [0.29, 0.717) is 6.42 Å². The van der Waals surface area contributed by atoms with Crippen molar-refractivity contribution in [2.75, 3.05) is 0 Å². The summed E-state index contributed by atoms with van der Waals surface area (Å²) >= 11 is 1.63. The first-order valence-corrected chi connectivity index (χ1v) is 6.98. The van der Waals surface area contributed by atoms with Crippen molar-refractivity contribution in [2.45, 2.75) is 46.0 Å². The minimum Gasteiger partial charge on any atom is -0.273 e. The number of nitrogens with one attached hydrogen (secondary N) is 1. The summed E-state index contributed by atoms with van der Waals surface area (Å²) in [5.74, 6) is 0.00608. The van der Waals surface area contributed by atoms with E-state index < -0.39 is 0 Å². The number of carbonyl (C=O) groups is 1. The number of nitrogens with zero attached hydrogens (tertiary/aromatic N) is 1. The molecule has 0 bridgehead atoms. The number of hydrogen-bond donors (Lipinski definition) is 1. The smallest absolute Gasteiger partial charge is 0.240 e. The lowest BCUT2D eigenvalue weighted by Crippen LogP contribution is -2.16. The summed E-state index contributed by atoms with van der Waals surface area (Å²) in [6, 6.07) is 2.04. The van der Waals surface area contributed by atoms with Crippen LogP contribution in [0.4, 0.5) is 0 Å². The van der Waals surface area contributed by atoms with Crippen LogP contribution < -0.4 is 5.43 Å². The Morgan fingerprint density at radius 2 is 2.29 bits per heavy atom. The summed E-state index contributed by atoms with van der Waals surface area (Å²) in [6.07, 6.45) is 6.75. The summed E-state index contributed by atoms with van der Waals surface area (Å²) < 4.78 is 0. The minimum atomic E-state index is 0.00608. The third kappa shape index (κ3) is 5.63. The minimum absolute atomic E-state index is 0.00608. The van der Waals surface area contributed by atoms with Crippen LogP contribution in [0, 0.1) is 6.92 Å². The Labute approximate surface area is 107 Å². The van der Waals surface area contributed by atoms with E-state index in [-0.39, 0.29) is 5.91 Å². The average molecular weight is 252 g/mol. The van der Waals surface area contributed by atoms with E-state index in [0.717, 1.165) is 17.7 Å². The first-order valence-electron chi connectivity index (χ1n) is 6.10. The van der Waals surface area contributed by atoms with Crippen molar-refractivity contribution >= 4 is 23.5 Å². The van der Waals surface area contributed by atoms with Crippen molar-refractivity contribution in [1.82, 2.24) is 5.43 Å². The summed E-state index contributed by atoms with van der Waals surface area (Å²) in [5, 5.41) is 5.98. The van der Waals surface area contributed by atoms with Crippen LogP contribution in [0.5, 0.6) is 0 Å². The lowest BCUT2D eigenvalue weighted by Gasteiger charge is -1.99. The molecule has 1 amide bonds. The summed E-state index contributed by atoms with van der Waals surface area (Å²) in [5.41, 5.74) is 3.75. The van der Waals surface area contributed by atoms with E-state index in [1.54, 1.807) is 17.6 Å². The number of hydrogen-bond acceptors (Lipinski definition) is 3. The fourth-order valence-corrected chi connectivity index (χ4v) is 2.23. The van der Waals surface area contributed by atoms with Crippen molar-refractivity contribution in [1.29, 1.82) is 0 Å². The molecule has 0 radical (unpaired) electrons. The second-order valence-corrected chi connectivity index (χ2v) is 5.02. The standard InChI is InChI=1S/C13H20N2OS/c1-3-4-5-6-7-13(16)15-14-10-12-11(2)8-9-17-12/h8-10H,3-7H2,1-2H3,(H,15,16). The van der Waals surface area contributed by atoms with Gasteiger partial charge in [0.1, 0.15) is 0 Å². The van der Waals surface area contributed by atoms with Gasteiger partial charge in [-0.3, -0.25) is 4.79 Å². The second kappa shape index (κ2) is 8.01. The number of hydrazone groups is 1. The third-order valence-corrected chi connectivity index (χ3v) is 3.48. The molecule has 0 atom stereocenters. The van der Waals surface area contributed by atoms with Gasteiger partial charge in [0.05, 0.1) is 6.21 Å². The van der Waals surface area contributed by atoms with Crippen LogP contribution in [0.25, 0.3) is 0 Å². The molecule has 0 aliphatic rings. The van der Waals surface area contributed by atoms with Crippen LogP contribution in [0.15, 0.2) is 16.5 Å². The van der Waals surface area contributed by atoms with Crippen LogP contribution in [-0.4, -0.2) is 12.1 Å². The molecule has 1 N–H and O–H groups in total. The molecule has 1 aromatic heterocycles. The fraction of sp³-hybridized carbons (Fsp3) is 0.538. The Hall–Kier alpha value is -1.16. The zero-order chi connectivity index (χ0) is 12.5. The topological polar surface area (TPSA) is 41.5 Å². The number of amides is 1. The van der Waals surface area contributed by atoms with Gasteiger partial charge in [-0.05, 0) is 30.4 Å². The SMILES string of the molecule is CCCCCCC(=O)NN=Cc1sccc1C. The van der Waals surface area contributed by atoms with Crippen molar-refractivity contribution in [3.63, 3.8) is 0 Å². The maximum Gasteiger partial charge on any atom is 0.240 e. The highest BCUT2D eigenvalue weighted by Crippen LogP contribution is 2.12. The van der Waals surface area contributed by atoms with Gasteiger partial charge >= 0.3 is 0 Å². The molecule has 0 saturated heterocycles. The monoisotopic (exact) mass is 252 g/mol. The number of unbranched alkanes of at least 4 members (excludes halogenated alkanes) is 3. The first kappa shape index (κ1) is 13.9. The zero-order valence-electron chi connectivity index (χ0n) is 10.5. The zero-order valence-corrected chi connectivity index (χ0v) is 11.3. The average Bonchev–Trinajstić information content (AvgIpc) is 2.71. The van der Waals surface area contributed by atoms with Crippen molar-refractivity contribution in [3.05, 3.63) is 21.9 Å². The highest BCUT2D eigenvalue weighted by molar-refractivity contribution is 7.11. The third-order valence-electron chi connectivity index (χ3n) is 2.53. The molecular formula is C13H20N2OS. The van der Waals surface area contributed by atoms with Gasteiger partial charge in [-0.15, -0.1) is 11.3 Å². The molecule has 1 rings (SSSR count). The van der Waals surface area contributed by atoms with E-state index in [9.17, 15) is 4.79 Å². The Bertz CT molecular complexity index is 371. The van der Waals surface area contributed by atoms with Gasteiger partial charge in [0.25, 0.3) is 0 Å². The summed E-state index contributed by atoms with van der Waals surface area (Å²) in [7, 11) is 0. The summed E-state index contributed by atoms with van der Waals surface area (Å²) in [6.45, 7) is 4.19. The molecule has 94 valence electrons. The highest BCUT2D eigenvalue weighted by Gasteiger charge is 1.99. The lowest BCUT2D eigenvalue weighted by atomic mass is 10.1. The predicted molar refractivity (Wildman–Crippen MR) is 73.6 cm³/mol. The molecule has 0 aromatic carbocycles. The Balaban J connectivity index is 2.19. The lowest BCUT2D eigenvalue weighted by molar-refractivity contribution is -0.121. The number of thiophene rings is 1. The second-order valence-electron chi connectivity index (χ2n) is 4.07. The van der Waals surface area contributed by atoms with Crippen LogP contribution in [0.2, 0.25) is 0 Å². The normalized spacial score (nSPS) is 10.9. The van der Waals surface area contributed by atoms with Crippen molar-refractivity contribution < 1.29 is 4.79 Å². The largest absolute Gasteiger partial charge is 0.273 e. The van der Waals surface area contributed by atoms with Crippen molar-refractivity contribution in [2.24, 2.45) is 5.10 Å². The Morgan fingerprint density at radius 1 is 1.47 bits per heavy atom. The fourth-order valence-electron chi connectivity index (χ4n) is 1.45. The molecule has 1 heterocycles. The van der Waals surface area contributed by atoms with E-state index in [4.69, 9.17) is 0 Å². The molecule has 0 spiro atoms. The first-order chi connectivity index (χ1) is 8.24. The maximum atomic E-state index is 11.4. The molecular weight excluding hydrogens is 232 g/mol. The molecule has 17 heavy (non-hydrogen) atoms. The van der Waals surface area contributed by atoms with Gasteiger partial charge in [-0.25, -0.2) is 5.43 Å². The number of rotatable bonds is 7. The van der Waals surface area contributed by atoms with Gasteiger partial charge in [-0.1, -0.05) is 26.2 Å². The molecule has 0 aliphatic heterocycles. The molecule has 0 saturated carbocycles.